The lowest BCUT2D eigenvalue weighted by Crippen LogP contribution is -2.24. The molecule has 3 radical (unpaired) electrons. The van der Waals surface area contributed by atoms with Crippen molar-refractivity contribution in [2.45, 2.75) is 0 Å². The van der Waals surface area contributed by atoms with E-state index >= 15 is 0 Å². The van der Waals surface area contributed by atoms with E-state index in [1.807, 2.05) is 0 Å². The number of rotatable bonds is 0. The molecule has 0 aromatic heterocycles. The molecule has 0 spiro atoms. The van der Waals surface area contributed by atoms with E-state index in [0.717, 1.165) is 0 Å². The van der Waals surface area contributed by atoms with Crippen molar-refractivity contribution in [3.8, 4) is 0 Å². The third-order valence-corrected chi connectivity index (χ3v) is 0.451. The molecule has 0 fully saturated rings. The van der Waals surface area contributed by atoms with Crippen LogP contribution in [0.25, 0.3) is 0 Å². The minimum Gasteiger partial charge on any atom is -0.376 e. The third kappa shape index (κ3) is 9.25. The van der Waals surface area contributed by atoms with Crippen molar-refractivity contribution in [3.63, 3.8) is 0 Å². The molecule has 0 aliphatic rings. The zero-order valence-corrected chi connectivity index (χ0v) is 4.38. The Morgan fingerprint density at radius 3 is 2.00 bits per heavy atom. The Balaban J connectivity index is 0. The number of hydrogen-bond acceptors (Lipinski definition) is 1. The van der Waals surface area contributed by atoms with Crippen molar-refractivity contribution in [3.05, 3.63) is 0 Å². The van der Waals surface area contributed by atoms with Gasteiger partial charge in [-0.25, -0.2) is 0 Å². The number of nitrogens with two attached hydrogens (primary N) is 1. The fourth-order valence-corrected chi connectivity index (χ4v) is 0. The predicted molar refractivity (Wildman–Crippen MR) is 31.6 cm³/mol. The van der Waals surface area contributed by atoms with Crippen LogP contribution >= 0.6 is 12.2 Å². The summed E-state index contributed by atoms with van der Waals surface area (Å²) in [4.78, 5) is 0. The summed E-state index contributed by atoms with van der Waals surface area (Å²) in [5.74, 6) is 0. The van der Waals surface area contributed by atoms with E-state index in [1.54, 1.807) is 7.05 Å². The van der Waals surface area contributed by atoms with E-state index < -0.39 is 0 Å². The first-order valence-corrected chi connectivity index (χ1v) is 1.65. The van der Waals surface area contributed by atoms with Crippen LogP contribution < -0.4 is 11.1 Å². The zero-order valence-electron chi connectivity index (χ0n) is 3.56. The fraction of sp³-hybridized carbons (Fsp3) is 0.500. The van der Waals surface area contributed by atoms with Gasteiger partial charge in [-0.1, -0.05) is 0 Å². The van der Waals surface area contributed by atoms with Crippen LogP contribution in [0.5, 0.6) is 0 Å². The van der Waals surface area contributed by atoms with Crippen LogP contribution in [0.3, 0.4) is 0 Å². The molecule has 4 heteroatoms. The lowest BCUT2D eigenvalue weighted by atomic mass is 10.8. The molecule has 0 saturated heterocycles. The summed E-state index contributed by atoms with van der Waals surface area (Å²) < 4.78 is 0. The average molecular weight is 101 g/mol. The van der Waals surface area contributed by atoms with Gasteiger partial charge in [0, 0.05) is 15.5 Å². The molecular weight excluding hydrogens is 94.9 g/mol. The van der Waals surface area contributed by atoms with Gasteiger partial charge in [0.2, 0.25) is 0 Å². The van der Waals surface area contributed by atoms with Crippen LogP contribution in [0.15, 0.2) is 0 Å². The van der Waals surface area contributed by atoms with Crippen molar-refractivity contribution < 1.29 is 0 Å². The lowest BCUT2D eigenvalue weighted by molar-refractivity contribution is 1.18. The molecule has 0 rings (SSSR count). The topological polar surface area (TPSA) is 38.0 Å². The lowest BCUT2D eigenvalue weighted by Gasteiger charge is -1.85. The first kappa shape index (κ1) is 9.23. The van der Waals surface area contributed by atoms with Gasteiger partial charge >= 0.3 is 0 Å². The second-order valence-electron chi connectivity index (χ2n) is 0.614. The summed E-state index contributed by atoms with van der Waals surface area (Å²) in [5, 5.41) is 2.88. The van der Waals surface area contributed by atoms with Crippen LogP contribution in [0.1, 0.15) is 0 Å². The molecule has 0 atom stereocenters. The maximum atomic E-state index is 4.91. The fourth-order valence-electron chi connectivity index (χ4n) is 0. The molecule has 0 saturated carbocycles. The van der Waals surface area contributed by atoms with Crippen LogP contribution in [0.2, 0.25) is 0 Å². The predicted octanol–water partition coefficient (Wildman–Crippen LogP) is -0.931. The summed E-state index contributed by atoms with van der Waals surface area (Å²) in [7, 11) is 1.68. The Bertz CT molecular complexity index is 46.8. The van der Waals surface area contributed by atoms with Gasteiger partial charge in [-0.2, -0.15) is 0 Å². The van der Waals surface area contributed by atoms with E-state index in [1.165, 1.54) is 0 Å². The highest BCUT2D eigenvalue weighted by Gasteiger charge is 1.66. The second-order valence-corrected chi connectivity index (χ2v) is 1.05. The maximum absolute atomic E-state index is 4.91. The Labute approximate surface area is 44.7 Å². The summed E-state index contributed by atoms with van der Waals surface area (Å²) >= 11 is 4.36. The van der Waals surface area contributed by atoms with E-state index in [2.05, 4.69) is 17.5 Å². The van der Waals surface area contributed by atoms with Gasteiger partial charge in [0.05, 0.1) is 0 Å². The van der Waals surface area contributed by atoms with Crippen LogP contribution in [0.4, 0.5) is 0 Å². The Hall–Kier alpha value is -0.245. The molecule has 0 aliphatic carbocycles. The number of thiocarbonyl (C=S) groups is 1. The second kappa shape index (κ2) is 4.75. The quantitative estimate of drug-likeness (QED) is 0.305. The Morgan fingerprint density at radius 1 is 1.83 bits per heavy atom. The van der Waals surface area contributed by atoms with E-state index in [0.29, 0.717) is 5.11 Å². The summed E-state index contributed by atoms with van der Waals surface area (Å²) in [6, 6.07) is 0. The molecule has 0 aliphatic heterocycles. The third-order valence-electron chi connectivity index (χ3n) is 0.246. The zero-order chi connectivity index (χ0) is 4.28. The van der Waals surface area contributed by atoms with E-state index in [9.17, 15) is 0 Å². The normalized spacial score (nSPS) is 5.50. The molecule has 6 heavy (non-hydrogen) atoms. The van der Waals surface area contributed by atoms with Crippen molar-refractivity contribution in [1.29, 1.82) is 0 Å². The highest BCUT2D eigenvalue weighted by molar-refractivity contribution is 7.80. The molecule has 0 aromatic carbocycles. The smallest absolute Gasteiger partial charge is 0.163 e. The SMILES string of the molecule is CNC(N)=S.[B]. The van der Waals surface area contributed by atoms with Gasteiger partial charge in [0.25, 0.3) is 0 Å². The van der Waals surface area contributed by atoms with Gasteiger partial charge in [-0.05, 0) is 12.2 Å². The highest BCUT2D eigenvalue weighted by Crippen LogP contribution is 1.43. The van der Waals surface area contributed by atoms with E-state index in [-0.39, 0.29) is 8.41 Å². The molecule has 0 aromatic rings. The van der Waals surface area contributed by atoms with Crippen molar-refractivity contribution >= 4 is 25.7 Å². The van der Waals surface area contributed by atoms with Crippen LogP contribution in [-0.2, 0) is 0 Å². The van der Waals surface area contributed by atoms with Crippen LogP contribution in [0, 0.1) is 0 Å². The van der Waals surface area contributed by atoms with Gasteiger partial charge in [0.1, 0.15) is 0 Å². The van der Waals surface area contributed by atoms with Gasteiger partial charge in [0.15, 0.2) is 5.11 Å². The van der Waals surface area contributed by atoms with Gasteiger partial charge < -0.3 is 11.1 Å². The first-order valence-electron chi connectivity index (χ1n) is 1.24. The van der Waals surface area contributed by atoms with Gasteiger partial charge in [-0.3, -0.25) is 0 Å². The maximum Gasteiger partial charge on any atom is 0.163 e. The number of nitrogens with one attached hydrogen (secondary N) is 1. The standard InChI is InChI=1S/C2H6N2S.B/c1-4-2(3)5;/h1H3,(H3,3,4,5);. The number of hydrogen-bond donors (Lipinski definition) is 2. The molecule has 3 N–H and O–H groups in total. The van der Waals surface area contributed by atoms with Crippen molar-refractivity contribution in [2.75, 3.05) is 7.05 Å². The first-order chi connectivity index (χ1) is 2.27. The Morgan fingerprint density at radius 2 is 2.00 bits per heavy atom. The molecule has 0 unspecified atom stereocenters. The van der Waals surface area contributed by atoms with Gasteiger partial charge in [-0.15, -0.1) is 0 Å². The summed E-state index contributed by atoms with van der Waals surface area (Å²) in [5.41, 5.74) is 4.91. The van der Waals surface area contributed by atoms with E-state index in [4.69, 9.17) is 5.73 Å². The molecular formula is C2H6BN2S. The molecule has 33 valence electrons. The van der Waals surface area contributed by atoms with Crippen molar-refractivity contribution in [2.24, 2.45) is 5.73 Å². The Kier molecular flexibility index (Phi) is 7.31. The molecule has 0 bridgehead atoms. The monoisotopic (exact) mass is 101 g/mol. The van der Waals surface area contributed by atoms with Crippen LogP contribution in [-0.4, -0.2) is 20.6 Å². The molecule has 2 nitrogen and oxygen atoms in total. The average Bonchev–Trinajstić information content (AvgIpc) is 1.38. The molecule has 0 amide bonds. The highest BCUT2D eigenvalue weighted by atomic mass is 32.1. The minimum atomic E-state index is 0. The molecule has 0 heterocycles. The largest absolute Gasteiger partial charge is 0.376 e. The summed E-state index contributed by atoms with van der Waals surface area (Å²) in [6.07, 6.45) is 0. The summed E-state index contributed by atoms with van der Waals surface area (Å²) in [6.45, 7) is 0. The minimum absolute atomic E-state index is 0. The van der Waals surface area contributed by atoms with Crippen molar-refractivity contribution in [1.82, 2.24) is 5.32 Å².